The van der Waals surface area contributed by atoms with Gasteiger partial charge < -0.3 is 0 Å². The molecule has 0 amide bonds. The Labute approximate surface area is 45.3 Å². The third kappa shape index (κ3) is 12.7. The number of rotatable bonds is 0. The van der Waals surface area contributed by atoms with Crippen LogP contribution in [0.3, 0.4) is 0 Å². The van der Waals surface area contributed by atoms with Crippen molar-refractivity contribution < 1.29 is 45.3 Å². The van der Waals surface area contributed by atoms with Crippen molar-refractivity contribution >= 4 is 0 Å². The summed E-state index contributed by atoms with van der Waals surface area (Å²) in [5, 5.41) is 0. The second-order valence-electron chi connectivity index (χ2n) is 0. The van der Waals surface area contributed by atoms with Crippen LogP contribution in [0, 0.1) is 0 Å². The summed E-state index contributed by atoms with van der Waals surface area (Å²) in [6, 6.07) is 0. The summed E-state index contributed by atoms with van der Waals surface area (Å²) >= 11 is 3.00. The van der Waals surface area contributed by atoms with Crippen LogP contribution in [-0.2, 0) is 45.3 Å². The van der Waals surface area contributed by atoms with Crippen LogP contribution in [0.15, 0.2) is 0 Å². The molecule has 0 N–H and O–H groups in total. The van der Waals surface area contributed by atoms with E-state index in [1.165, 1.54) is 38.3 Å². The van der Waals surface area contributed by atoms with Gasteiger partial charge in [-0.2, -0.15) is 0 Å². The van der Waals surface area contributed by atoms with Crippen LogP contribution in [0.4, 0.5) is 0 Å². The van der Waals surface area contributed by atoms with Gasteiger partial charge in [0.05, 0.1) is 0 Å². The topological polar surface area (TPSA) is 34.1 Å². The molecule has 0 aliphatic carbocycles. The van der Waals surface area contributed by atoms with Gasteiger partial charge in [-0.25, -0.2) is 0 Å². The average molecular weight is 245 g/mol. The Kier molecular flexibility index (Phi) is 87.0. The summed E-state index contributed by atoms with van der Waals surface area (Å²) < 4.78 is 16.2. The van der Waals surface area contributed by atoms with E-state index >= 15 is 0 Å². The molecule has 0 saturated heterocycles. The molecule has 0 aliphatic rings. The summed E-state index contributed by atoms with van der Waals surface area (Å²) in [6.45, 7) is 0. The van der Waals surface area contributed by atoms with E-state index in [0.717, 1.165) is 0 Å². The molecule has 0 aromatic carbocycles. The molecule has 0 saturated carbocycles. The van der Waals surface area contributed by atoms with Crippen LogP contribution < -0.4 is 0 Å². The zero-order chi connectivity index (χ0) is 4.00. The molecular formula is O2Pd2. The van der Waals surface area contributed by atoms with E-state index in [1.807, 2.05) is 0 Å². The van der Waals surface area contributed by atoms with Crippen LogP contribution in [-0.4, -0.2) is 0 Å². The molecule has 0 heterocycles. The number of hydrogen-bond acceptors (Lipinski definition) is 2. The first-order chi connectivity index (χ1) is 2.00. The van der Waals surface area contributed by atoms with Crippen molar-refractivity contribution in [1.82, 2.24) is 0 Å². The van der Waals surface area contributed by atoms with Gasteiger partial charge >= 0.3 is 45.3 Å². The molecule has 2 nitrogen and oxygen atoms in total. The van der Waals surface area contributed by atoms with Crippen molar-refractivity contribution in [2.75, 3.05) is 0 Å². The zero-order valence-electron chi connectivity index (χ0n) is 1.45. The molecule has 0 aromatic rings. The molecule has 0 atom stereocenters. The molecule has 0 bridgehead atoms. The maximum atomic E-state index is 8.10. The average Bonchev–Trinajstić information content (AvgIpc) is 1.50. The minimum absolute atomic E-state index is 1.50. The normalized spacial score (nSPS) is 3.00. The van der Waals surface area contributed by atoms with Gasteiger partial charge in [0.1, 0.15) is 0 Å². The Morgan fingerprint density at radius 2 is 0.750 bits per heavy atom. The summed E-state index contributed by atoms with van der Waals surface area (Å²) in [7, 11) is 0. The first-order valence-electron chi connectivity index (χ1n) is 0.258. The standard InChI is InChI=1S/2O.2Pd. The second-order valence-corrected chi connectivity index (χ2v) is 0. The van der Waals surface area contributed by atoms with Crippen LogP contribution >= 0.6 is 0 Å². The summed E-state index contributed by atoms with van der Waals surface area (Å²) in [6.07, 6.45) is 0. The molecule has 4 heavy (non-hydrogen) atoms. The van der Waals surface area contributed by atoms with E-state index in [1.54, 1.807) is 0 Å². The molecule has 0 aliphatic heterocycles. The molecule has 4 heteroatoms. The molecule has 0 unspecified atom stereocenters. The van der Waals surface area contributed by atoms with E-state index in [0.29, 0.717) is 0 Å². The van der Waals surface area contributed by atoms with Gasteiger partial charge in [0.15, 0.2) is 0 Å². The first-order valence-corrected chi connectivity index (χ1v) is 1.53. The molecule has 0 rings (SSSR count). The van der Waals surface area contributed by atoms with E-state index in [9.17, 15) is 0 Å². The first kappa shape index (κ1) is 8.87. The maximum absolute atomic E-state index is 8.10. The monoisotopic (exact) mass is 244 g/mol. The van der Waals surface area contributed by atoms with E-state index in [2.05, 4.69) is 0 Å². The zero-order valence-corrected chi connectivity index (χ0v) is 4.56. The molecule has 32 valence electrons. The Morgan fingerprint density at radius 3 is 0.750 bits per heavy atom. The summed E-state index contributed by atoms with van der Waals surface area (Å²) in [5.41, 5.74) is 0. The summed E-state index contributed by atoms with van der Waals surface area (Å²) in [5.74, 6) is 0. The van der Waals surface area contributed by atoms with Gasteiger partial charge in [-0.1, -0.05) is 0 Å². The fraction of sp³-hybridized carbons (Fsp3) is 0. The summed E-state index contributed by atoms with van der Waals surface area (Å²) in [4.78, 5) is 0. The molecule has 0 fully saturated rings. The van der Waals surface area contributed by atoms with Crippen molar-refractivity contribution in [1.29, 1.82) is 0 Å². The van der Waals surface area contributed by atoms with Crippen molar-refractivity contribution in [3.8, 4) is 0 Å². The van der Waals surface area contributed by atoms with Gasteiger partial charge in [0.25, 0.3) is 0 Å². The van der Waals surface area contributed by atoms with Gasteiger partial charge in [0.2, 0.25) is 0 Å². The minimum atomic E-state index is 1.50. The number of hydrogen-bond donors (Lipinski definition) is 0. The molecular weight excluding hydrogens is 245 g/mol. The fourth-order valence-electron chi connectivity index (χ4n) is 0. The fourth-order valence-corrected chi connectivity index (χ4v) is 0. The SMILES string of the molecule is [O]=[Pd].[O]=[Pd]. The van der Waals surface area contributed by atoms with E-state index in [4.69, 9.17) is 6.94 Å². The van der Waals surface area contributed by atoms with E-state index in [-0.39, 0.29) is 0 Å². The van der Waals surface area contributed by atoms with Gasteiger partial charge in [0, 0.05) is 0 Å². The van der Waals surface area contributed by atoms with Gasteiger partial charge in [-0.15, -0.1) is 0 Å². The third-order valence-electron chi connectivity index (χ3n) is 0. The Bertz CT molecular complexity index is 6.00. The molecule has 0 aromatic heterocycles. The predicted octanol–water partition coefficient (Wildman–Crippen LogP) is -0.243. The van der Waals surface area contributed by atoms with Gasteiger partial charge in [-0.3, -0.25) is 0 Å². The predicted molar refractivity (Wildman–Crippen MR) is 1.37 cm³/mol. The Balaban J connectivity index is 0. The van der Waals surface area contributed by atoms with Gasteiger partial charge in [-0.05, 0) is 0 Å². The van der Waals surface area contributed by atoms with Crippen LogP contribution in [0.2, 0.25) is 0 Å². The van der Waals surface area contributed by atoms with Crippen molar-refractivity contribution in [3.63, 3.8) is 0 Å². The molecule has 0 radical (unpaired) electrons. The quantitative estimate of drug-likeness (QED) is 0.552. The third-order valence-corrected chi connectivity index (χ3v) is 0. The van der Waals surface area contributed by atoms with Crippen molar-refractivity contribution in [2.45, 2.75) is 0 Å². The Morgan fingerprint density at radius 1 is 0.750 bits per heavy atom. The van der Waals surface area contributed by atoms with E-state index < -0.39 is 0 Å². The van der Waals surface area contributed by atoms with Crippen LogP contribution in [0.1, 0.15) is 0 Å². The van der Waals surface area contributed by atoms with Crippen molar-refractivity contribution in [2.24, 2.45) is 0 Å². The van der Waals surface area contributed by atoms with Crippen LogP contribution in [0.5, 0.6) is 0 Å². The molecule has 0 spiro atoms. The second kappa shape index (κ2) is 39.3. The Hall–Kier alpha value is 0.925. The van der Waals surface area contributed by atoms with Crippen LogP contribution in [0.25, 0.3) is 0 Å². The van der Waals surface area contributed by atoms with Crippen molar-refractivity contribution in [3.05, 3.63) is 0 Å².